The molecule has 3 aromatic rings. The summed E-state index contributed by atoms with van der Waals surface area (Å²) in [7, 11) is 0. The number of benzene rings is 1. The number of rotatable bonds is 6. The van der Waals surface area contributed by atoms with Crippen molar-refractivity contribution in [2.24, 2.45) is 0 Å². The number of H-pyrrole nitrogens is 1. The molecular weight excluding hydrogens is 338 g/mol. The van der Waals surface area contributed by atoms with Crippen LogP contribution >= 0.6 is 0 Å². The van der Waals surface area contributed by atoms with E-state index in [1.54, 1.807) is 13.0 Å². The molecule has 1 aromatic carbocycles. The summed E-state index contributed by atoms with van der Waals surface area (Å²) in [6, 6.07) is 6.83. The number of hydrogen-bond acceptors (Lipinski definition) is 5. The van der Waals surface area contributed by atoms with Crippen molar-refractivity contribution >= 4 is 17.5 Å². The van der Waals surface area contributed by atoms with Crippen molar-refractivity contribution in [3.8, 4) is 0 Å². The highest BCUT2D eigenvalue weighted by Gasteiger charge is 2.25. The first-order valence-corrected chi connectivity index (χ1v) is 8.44. The second-order valence-corrected chi connectivity index (χ2v) is 6.43. The minimum atomic E-state index is -0.600. The van der Waals surface area contributed by atoms with Gasteiger partial charge in [0.25, 0.3) is 0 Å². The van der Waals surface area contributed by atoms with E-state index >= 15 is 0 Å². The fourth-order valence-electron chi connectivity index (χ4n) is 2.79. The molecule has 0 radical (unpaired) electrons. The maximum absolute atomic E-state index is 13.9. The van der Waals surface area contributed by atoms with Crippen LogP contribution in [-0.2, 0) is 0 Å². The van der Waals surface area contributed by atoms with Crippen molar-refractivity contribution in [1.82, 2.24) is 20.2 Å². The van der Waals surface area contributed by atoms with Crippen molar-refractivity contribution in [2.45, 2.75) is 31.7 Å². The van der Waals surface area contributed by atoms with Gasteiger partial charge in [-0.1, -0.05) is 6.07 Å². The summed E-state index contributed by atoms with van der Waals surface area (Å²) in [4.78, 5) is 8.32. The fraction of sp³-hybridized carbons (Fsp3) is 0.278. The summed E-state index contributed by atoms with van der Waals surface area (Å²) < 4.78 is 27.0. The topological polar surface area (TPSA) is 78.5 Å². The maximum atomic E-state index is 13.9. The van der Waals surface area contributed by atoms with Gasteiger partial charge >= 0.3 is 0 Å². The Bertz CT molecular complexity index is 922. The maximum Gasteiger partial charge on any atom is 0.153 e. The Morgan fingerprint density at radius 1 is 1.08 bits per heavy atom. The van der Waals surface area contributed by atoms with Gasteiger partial charge in [0, 0.05) is 35.4 Å². The first-order chi connectivity index (χ1) is 12.6. The van der Waals surface area contributed by atoms with Gasteiger partial charge in [-0.25, -0.2) is 18.7 Å². The zero-order valence-electron chi connectivity index (χ0n) is 14.1. The highest BCUT2D eigenvalue weighted by Crippen LogP contribution is 2.39. The highest BCUT2D eigenvalue weighted by atomic mass is 19.1. The fourth-order valence-corrected chi connectivity index (χ4v) is 2.79. The Hall–Kier alpha value is -3.03. The molecule has 0 spiro atoms. The van der Waals surface area contributed by atoms with Crippen LogP contribution in [0.15, 0.2) is 36.7 Å². The van der Waals surface area contributed by atoms with E-state index in [-0.39, 0.29) is 6.04 Å². The van der Waals surface area contributed by atoms with Gasteiger partial charge in [-0.15, -0.1) is 0 Å². The number of nitrogens with zero attached hydrogens (tertiary/aromatic N) is 3. The largest absolute Gasteiger partial charge is 0.363 e. The lowest BCUT2D eigenvalue weighted by Gasteiger charge is -2.16. The molecule has 2 heterocycles. The van der Waals surface area contributed by atoms with Gasteiger partial charge in [0.1, 0.15) is 29.6 Å². The third kappa shape index (κ3) is 3.63. The zero-order valence-corrected chi connectivity index (χ0v) is 14.1. The molecule has 2 aromatic heterocycles. The van der Waals surface area contributed by atoms with Crippen LogP contribution in [0.4, 0.5) is 26.2 Å². The Morgan fingerprint density at radius 3 is 2.65 bits per heavy atom. The first kappa shape index (κ1) is 16.4. The van der Waals surface area contributed by atoms with Gasteiger partial charge in [0.15, 0.2) is 5.82 Å². The molecule has 4 rings (SSSR count). The number of aromatic amines is 1. The summed E-state index contributed by atoms with van der Waals surface area (Å²) in [5.41, 5.74) is 1.49. The summed E-state index contributed by atoms with van der Waals surface area (Å²) in [5.74, 6) is 1.18. The minimum Gasteiger partial charge on any atom is -0.363 e. The van der Waals surface area contributed by atoms with Crippen LogP contribution < -0.4 is 10.6 Å². The third-order valence-corrected chi connectivity index (χ3v) is 4.33. The molecule has 1 aliphatic rings. The number of hydrogen-bond donors (Lipinski definition) is 3. The molecule has 1 atom stereocenters. The van der Waals surface area contributed by atoms with Crippen LogP contribution in [0.25, 0.3) is 0 Å². The lowest BCUT2D eigenvalue weighted by molar-refractivity contribution is 0.566. The second kappa shape index (κ2) is 6.70. The van der Waals surface area contributed by atoms with Gasteiger partial charge in [0.2, 0.25) is 0 Å². The van der Waals surface area contributed by atoms with Gasteiger partial charge in [0.05, 0.1) is 6.04 Å². The first-order valence-electron chi connectivity index (χ1n) is 8.44. The Morgan fingerprint density at radius 2 is 1.88 bits per heavy atom. The lowest BCUT2D eigenvalue weighted by Crippen LogP contribution is -2.10. The molecule has 8 heteroatoms. The molecular formula is C18H18F2N6. The van der Waals surface area contributed by atoms with Crippen molar-refractivity contribution in [2.75, 3.05) is 10.6 Å². The minimum absolute atomic E-state index is 0.362. The predicted molar refractivity (Wildman–Crippen MR) is 94.3 cm³/mol. The Balaban J connectivity index is 1.46. The monoisotopic (exact) mass is 356 g/mol. The quantitative estimate of drug-likeness (QED) is 0.615. The van der Waals surface area contributed by atoms with Crippen LogP contribution in [0.5, 0.6) is 0 Å². The molecule has 0 amide bonds. The average Bonchev–Trinajstić information content (AvgIpc) is 3.35. The zero-order chi connectivity index (χ0) is 18.1. The van der Waals surface area contributed by atoms with E-state index in [1.165, 1.54) is 31.3 Å². The Kier molecular flexibility index (Phi) is 4.24. The molecule has 1 fully saturated rings. The number of halogens is 2. The van der Waals surface area contributed by atoms with Crippen LogP contribution in [0.1, 0.15) is 43.0 Å². The van der Waals surface area contributed by atoms with E-state index in [2.05, 4.69) is 30.8 Å². The van der Waals surface area contributed by atoms with Gasteiger partial charge in [-0.05, 0) is 25.8 Å². The van der Waals surface area contributed by atoms with Crippen molar-refractivity contribution in [1.29, 1.82) is 0 Å². The predicted octanol–water partition coefficient (Wildman–Crippen LogP) is 4.27. The van der Waals surface area contributed by atoms with E-state index in [4.69, 9.17) is 0 Å². The van der Waals surface area contributed by atoms with E-state index in [1.807, 2.05) is 6.07 Å². The molecule has 0 unspecified atom stereocenters. The molecule has 3 N–H and O–H groups in total. The summed E-state index contributed by atoms with van der Waals surface area (Å²) in [6.45, 7) is 1.78. The van der Waals surface area contributed by atoms with Crippen molar-refractivity contribution < 1.29 is 8.78 Å². The third-order valence-electron chi connectivity index (χ3n) is 4.33. The number of nitrogens with one attached hydrogen (secondary N) is 3. The van der Waals surface area contributed by atoms with Crippen molar-refractivity contribution in [3.63, 3.8) is 0 Å². The highest BCUT2D eigenvalue weighted by molar-refractivity contribution is 5.56. The average molecular weight is 356 g/mol. The van der Waals surface area contributed by atoms with Crippen LogP contribution in [-0.4, -0.2) is 20.2 Å². The van der Waals surface area contributed by atoms with Crippen LogP contribution in [0.3, 0.4) is 0 Å². The normalized spacial score (nSPS) is 14.9. The van der Waals surface area contributed by atoms with E-state index < -0.39 is 11.6 Å². The molecule has 0 saturated heterocycles. The standard InChI is InChI=1S/C18H18F2N6/c1-10(13-5-4-12(19)6-14(13)20)23-16-8-17(22-9-21-16)24-18-7-15(25-26-18)11-2-3-11/h4-11H,2-3H2,1H3,(H3,21,22,23,24,25,26)/t10-/m0/s1. The smallest absolute Gasteiger partial charge is 0.153 e. The van der Waals surface area contributed by atoms with Crippen molar-refractivity contribution in [3.05, 3.63) is 59.6 Å². The molecule has 0 aliphatic heterocycles. The van der Waals surface area contributed by atoms with E-state index in [0.29, 0.717) is 28.9 Å². The van der Waals surface area contributed by atoms with E-state index in [0.717, 1.165) is 11.8 Å². The molecule has 6 nitrogen and oxygen atoms in total. The SMILES string of the molecule is C[C@H](Nc1cc(Nc2cc(C3CC3)[nH]n2)ncn1)c1ccc(F)cc1F. The van der Waals surface area contributed by atoms with Gasteiger partial charge in [-0.2, -0.15) is 5.10 Å². The summed E-state index contributed by atoms with van der Waals surface area (Å²) in [6.07, 6.45) is 3.80. The molecule has 0 bridgehead atoms. The van der Waals surface area contributed by atoms with Crippen LogP contribution in [0, 0.1) is 11.6 Å². The molecule has 1 aliphatic carbocycles. The lowest BCUT2D eigenvalue weighted by atomic mass is 10.1. The summed E-state index contributed by atoms with van der Waals surface area (Å²) >= 11 is 0. The number of anilines is 3. The van der Waals surface area contributed by atoms with Gasteiger partial charge < -0.3 is 10.6 Å². The molecule has 1 saturated carbocycles. The Labute approximate surface area is 149 Å². The number of aromatic nitrogens is 4. The summed E-state index contributed by atoms with van der Waals surface area (Å²) in [5, 5.41) is 13.5. The molecule has 26 heavy (non-hydrogen) atoms. The van der Waals surface area contributed by atoms with E-state index in [9.17, 15) is 8.78 Å². The molecule has 134 valence electrons. The second-order valence-electron chi connectivity index (χ2n) is 6.43. The van der Waals surface area contributed by atoms with Crippen LogP contribution in [0.2, 0.25) is 0 Å². The van der Waals surface area contributed by atoms with Gasteiger partial charge in [-0.3, -0.25) is 5.10 Å².